The summed E-state index contributed by atoms with van der Waals surface area (Å²) in [6.45, 7) is 4.40. The molecule has 0 saturated carbocycles. The van der Waals surface area contributed by atoms with E-state index in [1.165, 1.54) is 0 Å². The lowest BCUT2D eigenvalue weighted by Crippen LogP contribution is -2.28. The molecule has 128 valence electrons. The van der Waals surface area contributed by atoms with Gasteiger partial charge in [-0.15, -0.1) is 11.3 Å². The molecule has 3 rings (SSSR count). The van der Waals surface area contributed by atoms with Gasteiger partial charge in [-0.2, -0.15) is 0 Å². The summed E-state index contributed by atoms with van der Waals surface area (Å²) in [5, 5.41) is 3.87. The predicted molar refractivity (Wildman–Crippen MR) is 101 cm³/mol. The molecule has 2 aromatic carbocycles. The molecule has 0 bridgehead atoms. The maximum atomic E-state index is 12.0. The van der Waals surface area contributed by atoms with Crippen LogP contribution in [0.4, 0.5) is 0 Å². The van der Waals surface area contributed by atoms with Crippen molar-refractivity contribution < 1.29 is 9.53 Å². The number of ether oxygens (including phenoxy) is 1. The number of thiazole rings is 1. The van der Waals surface area contributed by atoms with E-state index >= 15 is 0 Å². The van der Waals surface area contributed by atoms with Gasteiger partial charge in [0, 0.05) is 10.4 Å². The minimum atomic E-state index is -0.141. The van der Waals surface area contributed by atoms with Crippen molar-refractivity contribution in [3.63, 3.8) is 0 Å². The molecule has 0 unspecified atom stereocenters. The van der Waals surface area contributed by atoms with Crippen molar-refractivity contribution in [2.24, 2.45) is 0 Å². The third-order valence-corrected chi connectivity index (χ3v) is 5.02. The Morgan fingerprint density at radius 1 is 1.08 bits per heavy atom. The molecule has 4 nitrogen and oxygen atoms in total. The molecule has 0 aliphatic rings. The lowest BCUT2D eigenvalue weighted by atomic mass is 10.2. The van der Waals surface area contributed by atoms with Crippen molar-refractivity contribution in [1.29, 1.82) is 0 Å². The number of amides is 1. The fourth-order valence-corrected chi connectivity index (χ4v) is 3.40. The van der Waals surface area contributed by atoms with Crippen LogP contribution >= 0.6 is 11.3 Å². The summed E-state index contributed by atoms with van der Waals surface area (Å²) in [7, 11) is 0. The van der Waals surface area contributed by atoms with Crippen molar-refractivity contribution in [3.8, 4) is 16.3 Å². The number of benzene rings is 2. The summed E-state index contributed by atoms with van der Waals surface area (Å²) in [5.41, 5.74) is 3.06. The molecule has 0 spiro atoms. The van der Waals surface area contributed by atoms with Gasteiger partial charge in [-0.3, -0.25) is 4.79 Å². The molecule has 0 fully saturated rings. The first-order valence-electron chi connectivity index (χ1n) is 8.10. The van der Waals surface area contributed by atoms with Crippen LogP contribution in [0.1, 0.15) is 16.1 Å². The number of rotatable bonds is 6. The molecule has 0 radical (unpaired) electrons. The average Bonchev–Trinajstić information content (AvgIpc) is 3.01. The quantitative estimate of drug-likeness (QED) is 0.726. The largest absolute Gasteiger partial charge is 0.484 e. The highest BCUT2D eigenvalue weighted by molar-refractivity contribution is 7.15. The van der Waals surface area contributed by atoms with Gasteiger partial charge in [0.2, 0.25) is 0 Å². The van der Waals surface area contributed by atoms with E-state index in [2.05, 4.69) is 10.3 Å². The van der Waals surface area contributed by atoms with Gasteiger partial charge in [-0.25, -0.2) is 4.98 Å². The van der Waals surface area contributed by atoms with Crippen molar-refractivity contribution in [2.75, 3.05) is 6.61 Å². The van der Waals surface area contributed by atoms with E-state index < -0.39 is 0 Å². The number of hydrogen-bond donors (Lipinski definition) is 1. The van der Waals surface area contributed by atoms with E-state index in [1.807, 2.05) is 68.4 Å². The van der Waals surface area contributed by atoms with Crippen molar-refractivity contribution in [1.82, 2.24) is 10.3 Å². The Hall–Kier alpha value is -2.66. The van der Waals surface area contributed by atoms with Crippen molar-refractivity contribution in [2.45, 2.75) is 20.4 Å². The number of carbonyl (C=O) groups excluding carboxylic acids is 1. The van der Waals surface area contributed by atoms with Gasteiger partial charge in [0.15, 0.2) is 6.61 Å². The molecule has 0 atom stereocenters. The predicted octanol–water partition coefficient (Wildman–Crippen LogP) is 4.12. The van der Waals surface area contributed by atoms with Crippen LogP contribution < -0.4 is 10.1 Å². The first-order chi connectivity index (χ1) is 12.1. The molecule has 5 heteroatoms. The molecule has 0 saturated heterocycles. The summed E-state index contributed by atoms with van der Waals surface area (Å²) in [6.07, 6.45) is 0. The molecule has 0 aliphatic heterocycles. The molecule has 1 N–H and O–H groups in total. The minimum Gasteiger partial charge on any atom is -0.484 e. The fourth-order valence-electron chi connectivity index (χ4n) is 2.39. The van der Waals surface area contributed by atoms with E-state index in [-0.39, 0.29) is 12.5 Å². The van der Waals surface area contributed by atoms with E-state index in [0.29, 0.717) is 6.54 Å². The SMILES string of the molecule is Cc1ccccc1OCC(=O)NCc1sc(-c2ccccc2)nc1C. The average molecular weight is 352 g/mol. The smallest absolute Gasteiger partial charge is 0.258 e. The summed E-state index contributed by atoms with van der Waals surface area (Å²) in [6, 6.07) is 17.7. The maximum Gasteiger partial charge on any atom is 0.258 e. The Morgan fingerprint density at radius 2 is 1.80 bits per heavy atom. The van der Waals surface area contributed by atoms with Gasteiger partial charge in [-0.05, 0) is 25.5 Å². The number of nitrogens with zero attached hydrogens (tertiary/aromatic N) is 1. The van der Waals surface area contributed by atoms with Crippen LogP contribution in [0.5, 0.6) is 5.75 Å². The highest BCUT2D eigenvalue weighted by atomic mass is 32.1. The first-order valence-corrected chi connectivity index (χ1v) is 8.92. The summed E-state index contributed by atoms with van der Waals surface area (Å²) < 4.78 is 5.57. The Kier molecular flexibility index (Phi) is 5.46. The second-order valence-corrected chi connectivity index (χ2v) is 6.81. The monoisotopic (exact) mass is 352 g/mol. The molecule has 1 amide bonds. The Bertz CT molecular complexity index is 859. The standard InChI is InChI=1S/C20H20N2O2S/c1-14-8-6-7-11-17(14)24-13-19(23)21-12-18-15(2)22-20(25-18)16-9-4-3-5-10-16/h3-11H,12-13H2,1-2H3,(H,21,23). The highest BCUT2D eigenvalue weighted by Gasteiger charge is 2.11. The van der Waals surface area contributed by atoms with Crippen molar-refractivity contribution >= 4 is 17.2 Å². The van der Waals surface area contributed by atoms with E-state index in [1.54, 1.807) is 11.3 Å². The minimum absolute atomic E-state index is 0.00818. The van der Waals surface area contributed by atoms with Gasteiger partial charge in [-0.1, -0.05) is 48.5 Å². The zero-order chi connectivity index (χ0) is 17.6. The van der Waals surface area contributed by atoms with Gasteiger partial charge in [0.05, 0.1) is 12.2 Å². The van der Waals surface area contributed by atoms with Crippen LogP contribution in [-0.4, -0.2) is 17.5 Å². The third-order valence-electron chi connectivity index (χ3n) is 3.81. The second kappa shape index (κ2) is 7.94. The van der Waals surface area contributed by atoms with Crippen LogP contribution in [0.15, 0.2) is 54.6 Å². The molecular weight excluding hydrogens is 332 g/mol. The van der Waals surface area contributed by atoms with Gasteiger partial charge < -0.3 is 10.1 Å². The Balaban J connectivity index is 1.56. The Morgan fingerprint density at radius 3 is 2.56 bits per heavy atom. The molecule has 1 aromatic heterocycles. The van der Waals surface area contributed by atoms with E-state index in [4.69, 9.17) is 4.74 Å². The lowest BCUT2D eigenvalue weighted by Gasteiger charge is -2.09. The van der Waals surface area contributed by atoms with Crippen LogP contribution in [0, 0.1) is 13.8 Å². The summed E-state index contributed by atoms with van der Waals surface area (Å²) >= 11 is 1.60. The van der Waals surface area contributed by atoms with Gasteiger partial charge in [0.1, 0.15) is 10.8 Å². The molecule has 1 heterocycles. The number of nitrogens with one attached hydrogen (secondary N) is 1. The number of aromatic nitrogens is 1. The first kappa shape index (κ1) is 17.2. The van der Waals surface area contributed by atoms with Crippen LogP contribution in [0.25, 0.3) is 10.6 Å². The van der Waals surface area contributed by atoms with Crippen LogP contribution in [-0.2, 0) is 11.3 Å². The number of carbonyl (C=O) groups is 1. The Labute approximate surface area is 151 Å². The highest BCUT2D eigenvalue weighted by Crippen LogP contribution is 2.27. The van der Waals surface area contributed by atoms with Crippen LogP contribution in [0.2, 0.25) is 0 Å². The van der Waals surface area contributed by atoms with Crippen molar-refractivity contribution in [3.05, 3.63) is 70.7 Å². The van der Waals surface area contributed by atoms with Gasteiger partial charge in [0.25, 0.3) is 5.91 Å². The maximum absolute atomic E-state index is 12.0. The number of aryl methyl sites for hydroxylation is 2. The fraction of sp³-hybridized carbons (Fsp3) is 0.200. The zero-order valence-corrected chi connectivity index (χ0v) is 15.1. The molecule has 3 aromatic rings. The topological polar surface area (TPSA) is 51.2 Å². The van der Waals surface area contributed by atoms with E-state index in [0.717, 1.165) is 32.5 Å². The van der Waals surface area contributed by atoms with E-state index in [9.17, 15) is 4.79 Å². The molecule has 0 aliphatic carbocycles. The summed E-state index contributed by atoms with van der Waals surface area (Å²) in [5.74, 6) is 0.593. The van der Waals surface area contributed by atoms with Crippen LogP contribution in [0.3, 0.4) is 0 Å². The number of hydrogen-bond acceptors (Lipinski definition) is 4. The zero-order valence-electron chi connectivity index (χ0n) is 14.3. The lowest BCUT2D eigenvalue weighted by molar-refractivity contribution is -0.123. The summed E-state index contributed by atoms with van der Waals surface area (Å²) in [4.78, 5) is 17.7. The third kappa shape index (κ3) is 4.45. The normalized spacial score (nSPS) is 10.5. The van der Waals surface area contributed by atoms with Gasteiger partial charge >= 0.3 is 0 Å². The number of para-hydroxylation sites is 1. The molecule has 25 heavy (non-hydrogen) atoms. The second-order valence-electron chi connectivity index (χ2n) is 5.72. The molecular formula is C20H20N2O2S.